The molecule has 0 spiro atoms. The normalized spacial score (nSPS) is 16.9. The molecule has 1 aliphatic heterocycles. The summed E-state index contributed by atoms with van der Waals surface area (Å²) in [6.07, 6.45) is 3.81. The number of nitrogens with zero attached hydrogens (tertiary/aromatic N) is 2. The molecule has 2 heterocycles. The van der Waals surface area contributed by atoms with Crippen LogP contribution in [0, 0.1) is 5.92 Å². The molecule has 0 saturated carbocycles. The molecule has 6 heteroatoms. The van der Waals surface area contributed by atoms with Gasteiger partial charge in [-0.15, -0.1) is 0 Å². The van der Waals surface area contributed by atoms with E-state index < -0.39 is 0 Å². The Kier molecular flexibility index (Phi) is 5.05. The van der Waals surface area contributed by atoms with E-state index in [9.17, 15) is 9.59 Å². The van der Waals surface area contributed by atoms with Crippen molar-refractivity contribution < 1.29 is 9.59 Å². The molecule has 1 aromatic carbocycles. The number of amides is 2. The number of anilines is 2. The first-order valence-electron chi connectivity index (χ1n) is 7.98. The molecule has 1 atom stereocenters. The molecule has 124 valence electrons. The summed E-state index contributed by atoms with van der Waals surface area (Å²) in [5, 5.41) is 5.90. The summed E-state index contributed by atoms with van der Waals surface area (Å²) >= 11 is 0. The Morgan fingerprint density at radius 2 is 2.04 bits per heavy atom. The van der Waals surface area contributed by atoms with Crippen LogP contribution in [0.2, 0.25) is 0 Å². The minimum Gasteiger partial charge on any atom is -0.375 e. The van der Waals surface area contributed by atoms with E-state index in [2.05, 4.69) is 15.6 Å². The molecular weight excluding hydrogens is 304 g/mol. The predicted molar refractivity (Wildman–Crippen MR) is 92.6 cm³/mol. The van der Waals surface area contributed by atoms with Crippen LogP contribution in [0.1, 0.15) is 6.42 Å². The molecule has 1 saturated heterocycles. The zero-order valence-corrected chi connectivity index (χ0v) is 13.3. The lowest BCUT2D eigenvalue weighted by Gasteiger charge is -2.17. The van der Waals surface area contributed by atoms with Crippen LogP contribution in [0.3, 0.4) is 0 Å². The Morgan fingerprint density at radius 1 is 1.21 bits per heavy atom. The maximum absolute atomic E-state index is 12.1. The molecule has 1 unspecified atom stereocenters. The number of aromatic nitrogens is 1. The number of para-hydroxylation sites is 1. The summed E-state index contributed by atoms with van der Waals surface area (Å²) in [4.78, 5) is 29.8. The molecule has 3 rings (SSSR count). The lowest BCUT2D eigenvalue weighted by molar-refractivity contribution is -0.120. The van der Waals surface area contributed by atoms with Gasteiger partial charge in [0.1, 0.15) is 0 Å². The van der Waals surface area contributed by atoms with Crippen molar-refractivity contribution in [2.75, 3.05) is 29.9 Å². The van der Waals surface area contributed by atoms with Crippen molar-refractivity contribution >= 4 is 23.2 Å². The van der Waals surface area contributed by atoms with Gasteiger partial charge in [0, 0.05) is 43.5 Å². The van der Waals surface area contributed by atoms with Gasteiger partial charge < -0.3 is 15.5 Å². The summed E-state index contributed by atoms with van der Waals surface area (Å²) in [5.74, 6) is 0.151. The van der Waals surface area contributed by atoms with Crippen molar-refractivity contribution in [3.05, 3.63) is 54.9 Å². The van der Waals surface area contributed by atoms with Crippen molar-refractivity contribution in [3.63, 3.8) is 0 Å². The standard InChI is InChI=1S/C18H20N4O2/c23-17(12-20-15-5-4-8-19-11-15)21-10-14-9-18(24)22(13-14)16-6-2-1-3-7-16/h1-8,11,14,20H,9-10,12-13H2,(H,21,23). The fourth-order valence-electron chi connectivity index (χ4n) is 2.75. The van der Waals surface area contributed by atoms with Gasteiger partial charge in [-0.05, 0) is 24.3 Å². The first-order chi connectivity index (χ1) is 11.7. The fourth-order valence-corrected chi connectivity index (χ4v) is 2.75. The summed E-state index contributed by atoms with van der Waals surface area (Å²) in [6, 6.07) is 13.3. The minimum absolute atomic E-state index is 0.0931. The second kappa shape index (κ2) is 7.59. The Balaban J connectivity index is 1.44. The van der Waals surface area contributed by atoms with E-state index >= 15 is 0 Å². The van der Waals surface area contributed by atoms with Crippen molar-refractivity contribution in [2.24, 2.45) is 5.92 Å². The Hall–Kier alpha value is -2.89. The quantitative estimate of drug-likeness (QED) is 0.847. The van der Waals surface area contributed by atoms with E-state index in [0.29, 0.717) is 19.5 Å². The largest absolute Gasteiger partial charge is 0.375 e. The van der Waals surface area contributed by atoms with E-state index in [-0.39, 0.29) is 24.3 Å². The fraction of sp³-hybridized carbons (Fsp3) is 0.278. The van der Waals surface area contributed by atoms with E-state index in [1.807, 2.05) is 42.5 Å². The summed E-state index contributed by atoms with van der Waals surface area (Å²) in [6.45, 7) is 1.33. The Bertz CT molecular complexity index is 691. The molecule has 2 amide bonds. The van der Waals surface area contributed by atoms with Crippen LogP contribution >= 0.6 is 0 Å². The first-order valence-corrected chi connectivity index (χ1v) is 7.98. The summed E-state index contributed by atoms with van der Waals surface area (Å²) in [7, 11) is 0. The number of benzene rings is 1. The number of carbonyl (C=O) groups excluding carboxylic acids is 2. The maximum atomic E-state index is 12.1. The van der Waals surface area contributed by atoms with Gasteiger partial charge in [0.2, 0.25) is 11.8 Å². The predicted octanol–water partition coefficient (Wildman–Crippen LogP) is 1.66. The van der Waals surface area contributed by atoms with Gasteiger partial charge in [-0.1, -0.05) is 18.2 Å². The van der Waals surface area contributed by atoms with Crippen LogP contribution in [-0.4, -0.2) is 36.4 Å². The second-order valence-corrected chi connectivity index (χ2v) is 5.81. The molecule has 1 aliphatic rings. The molecule has 1 fully saturated rings. The minimum atomic E-state index is -0.0931. The first kappa shape index (κ1) is 16.0. The van der Waals surface area contributed by atoms with Crippen molar-refractivity contribution in [1.82, 2.24) is 10.3 Å². The maximum Gasteiger partial charge on any atom is 0.239 e. The average Bonchev–Trinajstić information content (AvgIpc) is 3.00. The van der Waals surface area contributed by atoms with E-state index in [1.165, 1.54) is 0 Å². The van der Waals surface area contributed by atoms with Crippen molar-refractivity contribution in [1.29, 1.82) is 0 Å². The lowest BCUT2D eigenvalue weighted by Crippen LogP contribution is -2.34. The highest BCUT2D eigenvalue weighted by Crippen LogP contribution is 2.24. The topological polar surface area (TPSA) is 74.3 Å². The van der Waals surface area contributed by atoms with Crippen molar-refractivity contribution in [3.8, 4) is 0 Å². The highest BCUT2D eigenvalue weighted by Gasteiger charge is 2.30. The van der Waals surface area contributed by atoms with Gasteiger partial charge in [0.05, 0.1) is 12.2 Å². The zero-order valence-electron chi connectivity index (χ0n) is 13.3. The number of carbonyl (C=O) groups is 2. The lowest BCUT2D eigenvalue weighted by atomic mass is 10.1. The van der Waals surface area contributed by atoms with Crippen LogP contribution in [-0.2, 0) is 9.59 Å². The van der Waals surface area contributed by atoms with Crippen LogP contribution in [0.4, 0.5) is 11.4 Å². The van der Waals surface area contributed by atoms with Crippen LogP contribution < -0.4 is 15.5 Å². The highest BCUT2D eigenvalue weighted by atomic mass is 16.2. The number of pyridine rings is 1. The third-order valence-corrected chi connectivity index (χ3v) is 3.98. The average molecular weight is 324 g/mol. The molecule has 2 N–H and O–H groups in total. The monoisotopic (exact) mass is 324 g/mol. The van der Waals surface area contributed by atoms with Gasteiger partial charge in [0.15, 0.2) is 0 Å². The van der Waals surface area contributed by atoms with Crippen LogP contribution in [0.25, 0.3) is 0 Å². The molecule has 24 heavy (non-hydrogen) atoms. The van der Waals surface area contributed by atoms with Gasteiger partial charge in [-0.2, -0.15) is 0 Å². The third-order valence-electron chi connectivity index (χ3n) is 3.98. The third kappa shape index (κ3) is 4.10. The van der Waals surface area contributed by atoms with Gasteiger partial charge in [0.25, 0.3) is 0 Å². The molecule has 1 aromatic heterocycles. The Labute approximate surface area is 140 Å². The number of hydrogen-bond donors (Lipinski definition) is 2. The number of hydrogen-bond acceptors (Lipinski definition) is 4. The van der Waals surface area contributed by atoms with Crippen LogP contribution in [0.15, 0.2) is 54.9 Å². The second-order valence-electron chi connectivity index (χ2n) is 5.81. The zero-order chi connectivity index (χ0) is 16.8. The molecule has 6 nitrogen and oxygen atoms in total. The SMILES string of the molecule is O=C(CNc1cccnc1)NCC1CC(=O)N(c2ccccc2)C1. The summed E-state index contributed by atoms with van der Waals surface area (Å²) in [5.41, 5.74) is 1.72. The van der Waals surface area contributed by atoms with Crippen molar-refractivity contribution in [2.45, 2.75) is 6.42 Å². The van der Waals surface area contributed by atoms with Gasteiger partial charge in [-0.25, -0.2) is 0 Å². The van der Waals surface area contributed by atoms with Gasteiger partial charge in [-0.3, -0.25) is 14.6 Å². The molecule has 0 bridgehead atoms. The van der Waals surface area contributed by atoms with Gasteiger partial charge >= 0.3 is 0 Å². The molecule has 2 aromatic rings. The summed E-state index contributed by atoms with van der Waals surface area (Å²) < 4.78 is 0. The van der Waals surface area contributed by atoms with E-state index in [0.717, 1.165) is 11.4 Å². The van der Waals surface area contributed by atoms with E-state index in [4.69, 9.17) is 0 Å². The van der Waals surface area contributed by atoms with E-state index in [1.54, 1.807) is 17.3 Å². The number of rotatable bonds is 6. The smallest absolute Gasteiger partial charge is 0.239 e. The molecule has 0 aliphatic carbocycles. The molecule has 0 radical (unpaired) electrons. The van der Waals surface area contributed by atoms with Crippen LogP contribution in [0.5, 0.6) is 0 Å². The molecular formula is C18H20N4O2. The highest BCUT2D eigenvalue weighted by molar-refractivity contribution is 5.95. The Morgan fingerprint density at radius 3 is 2.79 bits per heavy atom. The number of nitrogens with one attached hydrogen (secondary N) is 2.